The molecule has 1 saturated carbocycles. The van der Waals surface area contributed by atoms with E-state index in [9.17, 15) is 9.90 Å². The molecule has 1 atom stereocenters. The van der Waals surface area contributed by atoms with Crippen LogP contribution < -0.4 is 10.1 Å². The Labute approximate surface area is 142 Å². The average molecular weight is 325 g/mol. The number of benzene rings is 2. The fourth-order valence-corrected chi connectivity index (χ4v) is 3.03. The van der Waals surface area contributed by atoms with E-state index in [2.05, 4.69) is 5.32 Å². The first-order valence-electron chi connectivity index (χ1n) is 8.29. The minimum atomic E-state index is -0.981. The molecule has 1 aliphatic rings. The van der Waals surface area contributed by atoms with E-state index < -0.39 is 5.60 Å². The predicted molar refractivity (Wildman–Crippen MR) is 92.8 cm³/mol. The van der Waals surface area contributed by atoms with Crippen molar-refractivity contribution in [2.75, 3.05) is 13.7 Å². The molecule has 0 aromatic heterocycles. The molecule has 1 aliphatic carbocycles. The summed E-state index contributed by atoms with van der Waals surface area (Å²) in [6.45, 7) is 0.241. The molecule has 0 heterocycles. The molecule has 1 amide bonds. The molecule has 2 N–H and O–H groups in total. The maximum absolute atomic E-state index is 12.3. The highest BCUT2D eigenvalue weighted by molar-refractivity contribution is 5.78. The molecule has 1 unspecified atom stereocenters. The van der Waals surface area contributed by atoms with Gasteiger partial charge < -0.3 is 15.2 Å². The normalized spacial score (nSPS) is 16.2. The highest BCUT2D eigenvalue weighted by atomic mass is 16.5. The molecule has 4 nitrogen and oxygen atoms in total. The largest absolute Gasteiger partial charge is 0.497 e. The Balaban J connectivity index is 1.63. The minimum Gasteiger partial charge on any atom is -0.497 e. The standard InChI is InChI=1S/C20H23NO3/c1-24-18-9-5-6-15(12-18)13-19(22)21-14-20(23,17-10-11-17)16-7-3-2-4-8-16/h2-9,12,17,23H,10-11,13-14H2,1H3,(H,21,22). The molecule has 0 aliphatic heterocycles. The third-order valence-corrected chi connectivity index (χ3v) is 4.58. The van der Waals surface area contributed by atoms with Crippen LogP contribution in [-0.4, -0.2) is 24.7 Å². The van der Waals surface area contributed by atoms with E-state index in [1.54, 1.807) is 7.11 Å². The van der Waals surface area contributed by atoms with Gasteiger partial charge in [0.1, 0.15) is 11.4 Å². The molecule has 3 rings (SSSR count). The van der Waals surface area contributed by atoms with Gasteiger partial charge in [0.05, 0.1) is 20.1 Å². The van der Waals surface area contributed by atoms with Crippen molar-refractivity contribution in [3.63, 3.8) is 0 Å². The van der Waals surface area contributed by atoms with Gasteiger partial charge in [-0.1, -0.05) is 42.5 Å². The summed E-state index contributed by atoms with van der Waals surface area (Å²) in [7, 11) is 1.61. The van der Waals surface area contributed by atoms with Gasteiger partial charge in [0.15, 0.2) is 0 Å². The molecule has 2 aromatic rings. The Morgan fingerprint density at radius 1 is 1.21 bits per heavy atom. The van der Waals surface area contributed by atoms with E-state index in [0.717, 1.165) is 29.7 Å². The molecule has 126 valence electrons. The monoisotopic (exact) mass is 325 g/mol. The Morgan fingerprint density at radius 3 is 2.62 bits per heavy atom. The second-order valence-electron chi connectivity index (χ2n) is 6.37. The van der Waals surface area contributed by atoms with E-state index in [1.165, 1.54) is 0 Å². The Morgan fingerprint density at radius 2 is 1.96 bits per heavy atom. The fraction of sp³-hybridized carbons (Fsp3) is 0.350. The maximum Gasteiger partial charge on any atom is 0.224 e. The summed E-state index contributed by atoms with van der Waals surface area (Å²) in [4.78, 5) is 12.3. The Kier molecular flexibility index (Phi) is 4.86. The Bertz CT molecular complexity index is 697. The Hall–Kier alpha value is -2.33. The number of hydrogen-bond acceptors (Lipinski definition) is 3. The molecule has 0 spiro atoms. The molecule has 0 saturated heterocycles. The first kappa shape index (κ1) is 16.5. The molecule has 1 fully saturated rings. The number of carbonyl (C=O) groups is 1. The molecule has 0 bridgehead atoms. The van der Waals surface area contributed by atoms with Crippen LogP contribution in [0, 0.1) is 5.92 Å². The van der Waals surface area contributed by atoms with E-state index in [1.807, 2.05) is 54.6 Å². The summed E-state index contributed by atoms with van der Waals surface area (Å²) >= 11 is 0. The van der Waals surface area contributed by atoms with Crippen molar-refractivity contribution in [2.24, 2.45) is 5.92 Å². The van der Waals surface area contributed by atoms with Crippen LogP contribution in [0.25, 0.3) is 0 Å². The molecule has 2 aromatic carbocycles. The lowest BCUT2D eigenvalue weighted by atomic mass is 9.88. The summed E-state index contributed by atoms with van der Waals surface area (Å²) in [6, 6.07) is 17.1. The van der Waals surface area contributed by atoms with Gasteiger partial charge in [-0.15, -0.1) is 0 Å². The van der Waals surface area contributed by atoms with Crippen molar-refractivity contribution in [1.82, 2.24) is 5.32 Å². The van der Waals surface area contributed by atoms with Crippen molar-refractivity contribution in [1.29, 1.82) is 0 Å². The fourth-order valence-electron chi connectivity index (χ4n) is 3.03. The first-order valence-corrected chi connectivity index (χ1v) is 8.29. The van der Waals surface area contributed by atoms with Crippen molar-refractivity contribution in [3.05, 3.63) is 65.7 Å². The molecular weight excluding hydrogens is 302 g/mol. The van der Waals surface area contributed by atoms with Gasteiger partial charge in [-0.05, 0) is 42.0 Å². The van der Waals surface area contributed by atoms with Gasteiger partial charge in [-0.25, -0.2) is 0 Å². The van der Waals surface area contributed by atoms with Gasteiger partial charge in [-0.2, -0.15) is 0 Å². The van der Waals surface area contributed by atoms with Gasteiger partial charge in [0.25, 0.3) is 0 Å². The summed E-state index contributed by atoms with van der Waals surface area (Å²) in [5.41, 5.74) is 0.779. The number of nitrogens with one attached hydrogen (secondary N) is 1. The van der Waals surface area contributed by atoms with Crippen molar-refractivity contribution in [2.45, 2.75) is 24.9 Å². The lowest BCUT2D eigenvalue weighted by Gasteiger charge is -2.29. The average Bonchev–Trinajstić information content (AvgIpc) is 3.46. The summed E-state index contributed by atoms with van der Waals surface area (Å²) in [6.07, 6.45) is 2.26. The van der Waals surface area contributed by atoms with E-state index in [4.69, 9.17) is 4.74 Å². The molecule has 24 heavy (non-hydrogen) atoms. The van der Waals surface area contributed by atoms with Crippen LogP contribution >= 0.6 is 0 Å². The molecule has 4 heteroatoms. The van der Waals surface area contributed by atoms with Crippen LogP contribution in [-0.2, 0) is 16.8 Å². The van der Waals surface area contributed by atoms with E-state index in [-0.39, 0.29) is 24.8 Å². The van der Waals surface area contributed by atoms with E-state index in [0.29, 0.717) is 0 Å². The molecular formula is C20H23NO3. The number of hydrogen-bond donors (Lipinski definition) is 2. The van der Waals surface area contributed by atoms with Crippen LogP contribution in [0.4, 0.5) is 0 Å². The van der Waals surface area contributed by atoms with Crippen molar-refractivity contribution >= 4 is 5.91 Å². The number of methoxy groups -OCH3 is 1. The van der Waals surface area contributed by atoms with Crippen molar-refractivity contribution < 1.29 is 14.6 Å². The number of aliphatic hydroxyl groups is 1. The third kappa shape index (κ3) is 3.77. The minimum absolute atomic E-state index is 0.0988. The van der Waals surface area contributed by atoms with Crippen LogP contribution in [0.1, 0.15) is 24.0 Å². The highest BCUT2D eigenvalue weighted by Gasteiger charge is 2.45. The highest BCUT2D eigenvalue weighted by Crippen LogP contribution is 2.45. The van der Waals surface area contributed by atoms with Crippen LogP contribution in [0.15, 0.2) is 54.6 Å². The number of carbonyl (C=O) groups excluding carboxylic acids is 1. The van der Waals surface area contributed by atoms with Crippen molar-refractivity contribution in [3.8, 4) is 5.75 Å². The smallest absolute Gasteiger partial charge is 0.224 e. The van der Waals surface area contributed by atoms with Crippen LogP contribution in [0.3, 0.4) is 0 Å². The summed E-state index contributed by atoms with van der Waals surface area (Å²) in [5.74, 6) is 0.856. The first-order chi connectivity index (χ1) is 11.6. The van der Waals surface area contributed by atoms with Gasteiger partial charge >= 0.3 is 0 Å². The van der Waals surface area contributed by atoms with Gasteiger partial charge in [0.2, 0.25) is 5.91 Å². The zero-order valence-corrected chi connectivity index (χ0v) is 13.9. The second-order valence-corrected chi connectivity index (χ2v) is 6.37. The second kappa shape index (κ2) is 7.05. The maximum atomic E-state index is 12.3. The van der Waals surface area contributed by atoms with Gasteiger partial charge in [-0.3, -0.25) is 4.79 Å². The third-order valence-electron chi connectivity index (χ3n) is 4.58. The summed E-state index contributed by atoms with van der Waals surface area (Å²) < 4.78 is 5.18. The van der Waals surface area contributed by atoms with Gasteiger partial charge in [0, 0.05) is 0 Å². The zero-order chi connectivity index (χ0) is 17.0. The van der Waals surface area contributed by atoms with E-state index >= 15 is 0 Å². The zero-order valence-electron chi connectivity index (χ0n) is 13.9. The van der Waals surface area contributed by atoms with Crippen LogP contribution in [0.5, 0.6) is 5.75 Å². The predicted octanol–water partition coefficient (Wildman–Crippen LogP) is 2.65. The summed E-state index contributed by atoms with van der Waals surface area (Å²) in [5, 5.41) is 14.0. The SMILES string of the molecule is COc1cccc(CC(=O)NCC(O)(c2ccccc2)C2CC2)c1. The lowest BCUT2D eigenvalue weighted by Crippen LogP contribution is -2.43. The quantitative estimate of drug-likeness (QED) is 0.823. The lowest BCUT2D eigenvalue weighted by molar-refractivity contribution is -0.122. The number of amides is 1. The topological polar surface area (TPSA) is 58.6 Å². The van der Waals surface area contributed by atoms with Crippen LogP contribution in [0.2, 0.25) is 0 Å². The number of rotatable bonds is 7. The molecule has 0 radical (unpaired) electrons. The number of ether oxygens (including phenoxy) is 1.